The number of hydrogen-bond acceptors (Lipinski definition) is 2. The molecule has 0 atom stereocenters. The number of hydrazine groups is 1. The summed E-state index contributed by atoms with van der Waals surface area (Å²) in [6.07, 6.45) is 5.19. The molecule has 2 N–H and O–H groups in total. The van der Waals surface area contributed by atoms with Crippen LogP contribution in [0.3, 0.4) is 0 Å². The summed E-state index contributed by atoms with van der Waals surface area (Å²) in [6.45, 7) is 0. The second-order valence-corrected chi connectivity index (χ2v) is 3.28. The maximum Gasteiger partial charge on any atom is 0.264 e. The van der Waals surface area contributed by atoms with Crippen LogP contribution in [0.25, 0.3) is 0 Å². The van der Waals surface area contributed by atoms with Crippen LogP contribution in [0.4, 0.5) is 5.69 Å². The summed E-state index contributed by atoms with van der Waals surface area (Å²) in [5, 5.41) is 1.20. The molecule has 0 saturated heterocycles. The molecule has 1 aliphatic heterocycles. The number of nitrogens with zero attached hydrogens (tertiary/aromatic N) is 1. The van der Waals surface area contributed by atoms with Crippen molar-refractivity contribution in [2.45, 2.75) is 12.8 Å². The number of para-hydroxylation sites is 1. The smallest absolute Gasteiger partial charge is 0.264 e. The lowest BCUT2D eigenvalue weighted by Gasteiger charge is -2.19. The first-order chi connectivity index (χ1) is 6.79. The SMILES string of the molecule is NN1C(=O)/C=C\CCc2ccccc21. The standard InChI is InChI=1S/C11H12N2O/c12-13-10-7-3-1-5-9(10)6-2-4-8-11(13)14/h1,3-5,7-8H,2,6,12H2/b8-4-. The second-order valence-electron chi connectivity index (χ2n) is 3.28. The van der Waals surface area contributed by atoms with Crippen LogP contribution in [0.5, 0.6) is 0 Å². The zero-order valence-electron chi connectivity index (χ0n) is 7.81. The van der Waals surface area contributed by atoms with Gasteiger partial charge in [0.1, 0.15) is 0 Å². The Kier molecular flexibility index (Phi) is 2.33. The van der Waals surface area contributed by atoms with E-state index in [9.17, 15) is 4.79 Å². The zero-order valence-corrected chi connectivity index (χ0v) is 7.81. The molecule has 0 fully saturated rings. The van der Waals surface area contributed by atoms with E-state index in [1.807, 2.05) is 30.3 Å². The predicted octanol–water partition coefficient (Wildman–Crippen LogP) is 1.40. The van der Waals surface area contributed by atoms with E-state index < -0.39 is 0 Å². The van der Waals surface area contributed by atoms with Gasteiger partial charge < -0.3 is 0 Å². The van der Waals surface area contributed by atoms with Crippen LogP contribution in [-0.4, -0.2) is 5.91 Å². The zero-order chi connectivity index (χ0) is 9.97. The topological polar surface area (TPSA) is 46.3 Å². The van der Waals surface area contributed by atoms with Gasteiger partial charge in [0.25, 0.3) is 5.91 Å². The van der Waals surface area contributed by atoms with Crippen LogP contribution in [0.15, 0.2) is 36.4 Å². The number of anilines is 1. The number of aryl methyl sites for hydroxylation is 1. The first kappa shape index (κ1) is 8.97. The Hall–Kier alpha value is -1.61. The molecule has 0 unspecified atom stereocenters. The molecule has 72 valence electrons. The number of carbonyl (C=O) groups excluding carboxylic acids is 1. The van der Waals surface area contributed by atoms with Crippen LogP contribution in [0.1, 0.15) is 12.0 Å². The average molecular weight is 188 g/mol. The van der Waals surface area contributed by atoms with Crippen molar-refractivity contribution in [3.8, 4) is 0 Å². The molecule has 1 aliphatic rings. The number of allylic oxidation sites excluding steroid dienone is 1. The Morgan fingerprint density at radius 2 is 2.07 bits per heavy atom. The van der Waals surface area contributed by atoms with Gasteiger partial charge in [-0.05, 0) is 24.5 Å². The normalized spacial score (nSPS) is 18.4. The fourth-order valence-electron chi connectivity index (χ4n) is 1.58. The molecular weight excluding hydrogens is 176 g/mol. The third-order valence-corrected chi connectivity index (χ3v) is 2.33. The highest BCUT2D eigenvalue weighted by Crippen LogP contribution is 2.21. The highest BCUT2D eigenvalue weighted by molar-refractivity contribution is 6.01. The van der Waals surface area contributed by atoms with Crippen LogP contribution in [0.2, 0.25) is 0 Å². The predicted molar refractivity (Wildman–Crippen MR) is 55.6 cm³/mol. The van der Waals surface area contributed by atoms with Crippen LogP contribution in [-0.2, 0) is 11.2 Å². The van der Waals surface area contributed by atoms with Crippen molar-refractivity contribution in [3.05, 3.63) is 42.0 Å². The van der Waals surface area contributed by atoms with E-state index in [0.717, 1.165) is 24.1 Å². The minimum absolute atomic E-state index is 0.169. The Bertz CT molecular complexity index is 385. The van der Waals surface area contributed by atoms with Gasteiger partial charge in [0.15, 0.2) is 0 Å². The molecule has 0 spiro atoms. The van der Waals surface area contributed by atoms with Crippen molar-refractivity contribution in [2.24, 2.45) is 5.84 Å². The van der Waals surface area contributed by atoms with Gasteiger partial charge in [-0.1, -0.05) is 24.3 Å². The minimum atomic E-state index is -0.169. The molecule has 2 rings (SSSR count). The van der Waals surface area contributed by atoms with E-state index in [-0.39, 0.29) is 5.91 Å². The van der Waals surface area contributed by atoms with Crippen LogP contribution >= 0.6 is 0 Å². The maximum absolute atomic E-state index is 11.4. The molecule has 0 aromatic heterocycles. The molecular formula is C11H12N2O. The van der Waals surface area contributed by atoms with Gasteiger partial charge in [-0.3, -0.25) is 4.79 Å². The Morgan fingerprint density at radius 3 is 2.93 bits per heavy atom. The lowest BCUT2D eigenvalue weighted by molar-refractivity contribution is -0.114. The van der Waals surface area contributed by atoms with E-state index >= 15 is 0 Å². The molecule has 1 amide bonds. The maximum atomic E-state index is 11.4. The second kappa shape index (κ2) is 3.64. The summed E-state index contributed by atoms with van der Waals surface area (Å²) in [4.78, 5) is 11.4. The number of amides is 1. The highest BCUT2D eigenvalue weighted by Gasteiger charge is 2.13. The summed E-state index contributed by atoms with van der Waals surface area (Å²) < 4.78 is 0. The van der Waals surface area contributed by atoms with Gasteiger partial charge in [0, 0.05) is 6.08 Å². The first-order valence-electron chi connectivity index (χ1n) is 4.62. The molecule has 3 heteroatoms. The third-order valence-electron chi connectivity index (χ3n) is 2.33. The van der Waals surface area contributed by atoms with Crippen molar-refractivity contribution in [3.63, 3.8) is 0 Å². The number of rotatable bonds is 0. The molecule has 1 heterocycles. The first-order valence-corrected chi connectivity index (χ1v) is 4.62. The van der Waals surface area contributed by atoms with Crippen LogP contribution in [0, 0.1) is 0 Å². The Labute approximate surface area is 82.8 Å². The van der Waals surface area contributed by atoms with E-state index in [0.29, 0.717) is 0 Å². The molecule has 3 nitrogen and oxygen atoms in total. The molecule has 0 bridgehead atoms. The van der Waals surface area contributed by atoms with Gasteiger partial charge in [0.2, 0.25) is 0 Å². The summed E-state index contributed by atoms with van der Waals surface area (Å²) in [7, 11) is 0. The highest BCUT2D eigenvalue weighted by atomic mass is 16.2. The molecule has 0 radical (unpaired) electrons. The van der Waals surface area contributed by atoms with Gasteiger partial charge in [-0.15, -0.1) is 0 Å². The van der Waals surface area contributed by atoms with Gasteiger partial charge in [-0.2, -0.15) is 0 Å². The largest absolute Gasteiger partial charge is 0.268 e. The minimum Gasteiger partial charge on any atom is -0.268 e. The Morgan fingerprint density at radius 1 is 1.29 bits per heavy atom. The fourth-order valence-corrected chi connectivity index (χ4v) is 1.58. The van der Waals surface area contributed by atoms with Crippen molar-refractivity contribution >= 4 is 11.6 Å². The number of hydrogen-bond donors (Lipinski definition) is 1. The summed E-state index contributed by atoms with van der Waals surface area (Å²) in [6, 6.07) is 7.72. The summed E-state index contributed by atoms with van der Waals surface area (Å²) in [5.74, 6) is 5.52. The average Bonchev–Trinajstić information content (AvgIpc) is 2.22. The lowest BCUT2D eigenvalue weighted by Crippen LogP contribution is -2.37. The monoisotopic (exact) mass is 188 g/mol. The molecule has 1 aromatic carbocycles. The van der Waals surface area contributed by atoms with Gasteiger partial charge >= 0.3 is 0 Å². The number of fused-ring (bicyclic) bond motifs is 1. The summed E-state index contributed by atoms with van der Waals surface area (Å²) >= 11 is 0. The van der Waals surface area contributed by atoms with Crippen molar-refractivity contribution in [1.82, 2.24) is 0 Å². The van der Waals surface area contributed by atoms with E-state index in [1.54, 1.807) is 0 Å². The van der Waals surface area contributed by atoms with Gasteiger partial charge in [0.05, 0.1) is 5.69 Å². The van der Waals surface area contributed by atoms with E-state index in [4.69, 9.17) is 5.84 Å². The fraction of sp³-hybridized carbons (Fsp3) is 0.182. The molecule has 14 heavy (non-hydrogen) atoms. The van der Waals surface area contributed by atoms with Crippen molar-refractivity contribution < 1.29 is 4.79 Å². The van der Waals surface area contributed by atoms with Crippen LogP contribution < -0.4 is 10.9 Å². The van der Waals surface area contributed by atoms with E-state index in [1.165, 1.54) is 11.1 Å². The van der Waals surface area contributed by atoms with E-state index in [2.05, 4.69) is 0 Å². The molecule has 0 saturated carbocycles. The van der Waals surface area contributed by atoms with Gasteiger partial charge in [-0.25, -0.2) is 10.9 Å². The third kappa shape index (κ3) is 1.54. The number of nitrogens with two attached hydrogens (primary N) is 1. The number of carbonyl (C=O) groups is 1. The molecule has 1 aromatic rings. The van der Waals surface area contributed by atoms with Crippen molar-refractivity contribution in [2.75, 3.05) is 5.01 Å². The Balaban J connectivity index is 2.45. The lowest BCUT2D eigenvalue weighted by atomic mass is 10.1. The molecule has 0 aliphatic carbocycles. The number of benzene rings is 1. The van der Waals surface area contributed by atoms with Crippen molar-refractivity contribution in [1.29, 1.82) is 0 Å². The quantitative estimate of drug-likeness (QED) is 0.494. The summed E-state index contributed by atoms with van der Waals surface area (Å²) in [5.41, 5.74) is 1.93.